The van der Waals surface area contributed by atoms with Gasteiger partial charge in [-0.3, -0.25) is 9.59 Å². The maximum Gasteiger partial charge on any atom is 0.258 e. The number of anilines is 1. The van der Waals surface area contributed by atoms with Crippen LogP contribution in [0.3, 0.4) is 0 Å². The third kappa shape index (κ3) is 3.28. The number of hydrogen-bond acceptors (Lipinski definition) is 5. The van der Waals surface area contributed by atoms with Crippen molar-refractivity contribution in [2.75, 3.05) is 11.4 Å². The van der Waals surface area contributed by atoms with Gasteiger partial charge < -0.3 is 14.7 Å². The Labute approximate surface area is 156 Å². The van der Waals surface area contributed by atoms with Crippen molar-refractivity contribution in [3.63, 3.8) is 0 Å². The number of benzene rings is 1. The molecule has 7 heteroatoms. The number of nitrogens with zero attached hydrogens (tertiary/aromatic N) is 3. The van der Waals surface area contributed by atoms with Crippen molar-refractivity contribution in [1.82, 2.24) is 15.5 Å². The van der Waals surface area contributed by atoms with Gasteiger partial charge in [0.2, 0.25) is 5.91 Å². The Morgan fingerprint density at radius 3 is 2.74 bits per heavy atom. The van der Waals surface area contributed by atoms with Gasteiger partial charge in [0, 0.05) is 30.9 Å². The van der Waals surface area contributed by atoms with Crippen LogP contribution in [0.25, 0.3) is 11.1 Å². The van der Waals surface area contributed by atoms with Crippen LogP contribution in [0, 0.1) is 13.8 Å². The van der Waals surface area contributed by atoms with Crippen molar-refractivity contribution in [2.24, 2.45) is 0 Å². The Hall–Kier alpha value is -3.22. The van der Waals surface area contributed by atoms with Crippen molar-refractivity contribution in [3.8, 4) is 0 Å². The summed E-state index contributed by atoms with van der Waals surface area (Å²) >= 11 is 0. The van der Waals surface area contributed by atoms with Gasteiger partial charge in [-0.2, -0.15) is 0 Å². The normalized spacial score (nSPS) is 14.1. The van der Waals surface area contributed by atoms with Gasteiger partial charge >= 0.3 is 0 Å². The summed E-state index contributed by atoms with van der Waals surface area (Å²) < 4.78 is 5.18. The molecule has 1 aromatic carbocycles. The summed E-state index contributed by atoms with van der Waals surface area (Å²) in [6.45, 7) is 4.76. The van der Waals surface area contributed by atoms with Crippen LogP contribution in [0.15, 0.2) is 34.9 Å². The largest absolute Gasteiger partial charge is 0.348 e. The minimum Gasteiger partial charge on any atom is -0.348 e. The zero-order valence-electron chi connectivity index (χ0n) is 15.3. The molecule has 1 N–H and O–H groups in total. The van der Waals surface area contributed by atoms with Crippen LogP contribution in [0.5, 0.6) is 0 Å². The van der Waals surface area contributed by atoms with Crippen LogP contribution in [0.2, 0.25) is 0 Å². The number of amides is 2. The molecular formula is C20H20N4O3. The van der Waals surface area contributed by atoms with Gasteiger partial charge in [0.15, 0.2) is 0 Å². The van der Waals surface area contributed by atoms with Crippen molar-refractivity contribution < 1.29 is 14.1 Å². The Bertz CT molecular complexity index is 1020. The van der Waals surface area contributed by atoms with Gasteiger partial charge in [-0.25, -0.2) is 4.98 Å². The first-order valence-corrected chi connectivity index (χ1v) is 8.94. The molecule has 2 amide bonds. The first-order chi connectivity index (χ1) is 13.0. The molecule has 3 heterocycles. The molecule has 4 rings (SSSR count). The summed E-state index contributed by atoms with van der Waals surface area (Å²) in [5, 5.41) is 7.47. The highest BCUT2D eigenvalue weighted by molar-refractivity contribution is 6.06. The van der Waals surface area contributed by atoms with E-state index in [2.05, 4.69) is 15.5 Å². The lowest BCUT2D eigenvalue weighted by Gasteiger charge is -2.16. The van der Waals surface area contributed by atoms with Crippen molar-refractivity contribution in [3.05, 3.63) is 52.8 Å². The molecule has 0 unspecified atom stereocenters. The van der Waals surface area contributed by atoms with Gasteiger partial charge in [-0.15, -0.1) is 0 Å². The number of aromatic nitrogens is 2. The first kappa shape index (κ1) is 17.2. The fraction of sp³-hybridized carbons (Fsp3) is 0.300. The predicted octanol–water partition coefficient (Wildman–Crippen LogP) is 2.90. The first-order valence-electron chi connectivity index (χ1n) is 8.94. The summed E-state index contributed by atoms with van der Waals surface area (Å²) in [6, 6.07) is 9.44. The highest BCUT2D eigenvalue weighted by atomic mass is 16.5. The Balaban J connectivity index is 1.48. The zero-order valence-corrected chi connectivity index (χ0v) is 15.3. The predicted molar refractivity (Wildman–Crippen MR) is 100 cm³/mol. The van der Waals surface area contributed by atoms with Gasteiger partial charge in [0.05, 0.1) is 16.6 Å². The second kappa shape index (κ2) is 6.83. The number of nitrogens with one attached hydrogen (secondary N) is 1. The van der Waals surface area contributed by atoms with E-state index in [0.29, 0.717) is 41.0 Å². The van der Waals surface area contributed by atoms with Crippen molar-refractivity contribution >= 4 is 28.6 Å². The lowest BCUT2D eigenvalue weighted by atomic mass is 10.1. The van der Waals surface area contributed by atoms with Crippen molar-refractivity contribution in [2.45, 2.75) is 33.2 Å². The van der Waals surface area contributed by atoms with Gasteiger partial charge in [-0.05, 0) is 44.0 Å². The van der Waals surface area contributed by atoms with Crippen molar-refractivity contribution in [1.29, 1.82) is 0 Å². The third-order valence-electron chi connectivity index (χ3n) is 4.76. The monoisotopic (exact) mass is 364 g/mol. The standard InChI is InChI=1S/C20H20N4O3/c1-12-10-16(18-13(2)23-27-20(18)22-12)19(26)21-11-14-5-7-15(8-6-14)24-9-3-4-17(24)25/h5-8,10H,3-4,9,11H2,1-2H3,(H,21,26). The quantitative estimate of drug-likeness (QED) is 0.769. The molecule has 1 saturated heterocycles. The Morgan fingerprint density at radius 1 is 1.26 bits per heavy atom. The average Bonchev–Trinajstić information content (AvgIpc) is 3.25. The molecule has 2 aromatic heterocycles. The number of rotatable bonds is 4. The molecule has 27 heavy (non-hydrogen) atoms. The van der Waals surface area contributed by atoms with E-state index in [0.717, 1.165) is 24.2 Å². The molecule has 3 aromatic rings. The maximum absolute atomic E-state index is 12.7. The van der Waals surface area contributed by atoms with Gasteiger partial charge in [-0.1, -0.05) is 17.3 Å². The minimum absolute atomic E-state index is 0.164. The molecule has 0 spiro atoms. The Morgan fingerprint density at radius 2 is 2.04 bits per heavy atom. The molecule has 0 aliphatic carbocycles. The summed E-state index contributed by atoms with van der Waals surface area (Å²) in [7, 11) is 0. The fourth-order valence-corrected chi connectivity index (χ4v) is 3.39. The number of fused-ring (bicyclic) bond motifs is 1. The van der Waals surface area contributed by atoms with Crippen LogP contribution in [-0.4, -0.2) is 28.5 Å². The number of pyridine rings is 1. The van der Waals surface area contributed by atoms with Crippen LogP contribution in [0.1, 0.15) is 40.2 Å². The zero-order chi connectivity index (χ0) is 19.0. The smallest absolute Gasteiger partial charge is 0.258 e. The number of carbonyl (C=O) groups excluding carboxylic acids is 2. The lowest BCUT2D eigenvalue weighted by molar-refractivity contribution is -0.117. The Kier molecular flexibility index (Phi) is 4.35. The van der Waals surface area contributed by atoms with Crippen LogP contribution >= 0.6 is 0 Å². The molecule has 1 aliphatic heterocycles. The number of carbonyl (C=O) groups is 2. The van der Waals surface area contributed by atoms with E-state index in [1.54, 1.807) is 17.9 Å². The SMILES string of the molecule is Cc1cc(C(=O)NCc2ccc(N3CCCC3=O)cc2)c2c(C)noc2n1. The summed E-state index contributed by atoms with van der Waals surface area (Å²) in [5.74, 6) is -0.0344. The van der Waals surface area contributed by atoms with E-state index in [-0.39, 0.29) is 11.8 Å². The minimum atomic E-state index is -0.199. The molecule has 0 bridgehead atoms. The molecule has 138 valence electrons. The number of aryl methyl sites for hydroxylation is 2. The van der Waals surface area contributed by atoms with E-state index in [1.165, 1.54) is 0 Å². The van der Waals surface area contributed by atoms with Crippen LogP contribution in [-0.2, 0) is 11.3 Å². The molecule has 0 saturated carbocycles. The third-order valence-corrected chi connectivity index (χ3v) is 4.76. The highest BCUT2D eigenvalue weighted by Crippen LogP contribution is 2.23. The van der Waals surface area contributed by atoms with E-state index < -0.39 is 0 Å². The molecule has 0 radical (unpaired) electrons. The summed E-state index contributed by atoms with van der Waals surface area (Å²) in [4.78, 5) is 30.6. The fourth-order valence-electron chi connectivity index (χ4n) is 3.39. The van der Waals surface area contributed by atoms with E-state index >= 15 is 0 Å². The second-order valence-electron chi connectivity index (χ2n) is 6.76. The van der Waals surface area contributed by atoms with E-state index in [4.69, 9.17) is 4.52 Å². The van der Waals surface area contributed by atoms with Crippen LogP contribution < -0.4 is 10.2 Å². The highest BCUT2D eigenvalue weighted by Gasteiger charge is 2.21. The van der Waals surface area contributed by atoms with Gasteiger partial charge in [0.1, 0.15) is 0 Å². The lowest BCUT2D eigenvalue weighted by Crippen LogP contribution is -2.24. The molecule has 0 atom stereocenters. The number of hydrogen-bond donors (Lipinski definition) is 1. The maximum atomic E-state index is 12.7. The van der Waals surface area contributed by atoms with Gasteiger partial charge in [0.25, 0.3) is 11.6 Å². The van der Waals surface area contributed by atoms with Crippen LogP contribution in [0.4, 0.5) is 5.69 Å². The topological polar surface area (TPSA) is 88.3 Å². The van der Waals surface area contributed by atoms with E-state index in [1.807, 2.05) is 31.2 Å². The molecular weight excluding hydrogens is 344 g/mol. The molecule has 7 nitrogen and oxygen atoms in total. The molecule has 1 aliphatic rings. The molecule has 1 fully saturated rings. The summed E-state index contributed by atoms with van der Waals surface area (Å²) in [5.41, 5.74) is 4.08. The van der Waals surface area contributed by atoms with E-state index in [9.17, 15) is 9.59 Å². The summed E-state index contributed by atoms with van der Waals surface area (Å²) in [6.07, 6.45) is 1.51. The average molecular weight is 364 g/mol. The second-order valence-corrected chi connectivity index (χ2v) is 6.76.